The highest BCUT2D eigenvalue weighted by molar-refractivity contribution is 7.98. The smallest absolute Gasteiger partial charge is 0.168 e. The van der Waals surface area contributed by atoms with Gasteiger partial charge in [0.05, 0.1) is 17.8 Å². The zero-order valence-corrected chi connectivity index (χ0v) is 12.0. The van der Waals surface area contributed by atoms with Gasteiger partial charge in [-0.05, 0) is 12.1 Å². The van der Waals surface area contributed by atoms with Crippen molar-refractivity contribution in [1.29, 1.82) is 0 Å². The molecule has 0 unspecified atom stereocenters. The molecule has 1 aromatic heterocycles. The lowest BCUT2D eigenvalue weighted by Crippen LogP contribution is -1.96. The first-order chi connectivity index (χ1) is 8.63. The van der Waals surface area contributed by atoms with Gasteiger partial charge in [-0.2, -0.15) is 0 Å². The molecule has 18 heavy (non-hydrogen) atoms. The summed E-state index contributed by atoms with van der Waals surface area (Å²) in [4.78, 5) is 4.24. The van der Waals surface area contributed by atoms with Crippen LogP contribution in [0.3, 0.4) is 0 Å². The number of benzene rings is 1. The van der Waals surface area contributed by atoms with E-state index in [1.165, 1.54) is 17.8 Å². The summed E-state index contributed by atoms with van der Waals surface area (Å²) in [6.07, 6.45) is 1.72. The lowest BCUT2D eigenvalue weighted by atomic mass is 10.2. The van der Waals surface area contributed by atoms with Crippen LogP contribution < -0.4 is 0 Å². The van der Waals surface area contributed by atoms with Gasteiger partial charge in [0.25, 0.3) is 0 Å². The second kappa shape index (κ2) is 5.95. The van der Waals surface area contributed by atoms with Gasteiger partial charge in [-0.25, -0.2) is 9.37 Å². The van der Waals surface area contributed by atoms with E-state index in [2.05, 4.69) is 4.98 Å². The summed E-state index contributed by atoms with van der Waals surface area (Å²) in [6, 6.07) is 4.69. The second-order valence-electron chi connectivity index (χ2n) is 3.71. The van der Waals surface area contributed by atoms with Crippen LogP contribution in [0.2, 0.25) is 5.02 Å². The zero-order valence-electron chi connectivity index (χ0n) is 9.66. The molecular weight excluding hydrogens is 294 g/mol. The van der Waals surface area contributed by atoms with Gasteiger partial charge in [0, 0.05) is 23.4 Å². The highest BCUT2D eigenvalue weighted by Gasteiger charge is 2.10. The Morgan fingerprint density at radius 3 is 2.83 bits per heavy atom. The molecular formula is C12H11Cl2FN2S. The molecule has 2 aromatic rings. The molecule has 0 fully saturated rings. The van der Waals surface area contributed by atoms with Gasteiger partial charge < -0.3 is 4.57 Å². The number of hydrogen-bond acceptors (Lipinski definition) is 2. The first-order valence-corrected chi connectivity index (χ1v) is 7.15. The highest BCUT2D eigenvalue weighted by atomic mass is 35.5. The molecule has 0 saturated carbocycles. The van der Waals surface area contributed by atoms with Crippen molar-refractivity contribution < 1.29 is 4.39 Å². The molecule has 0 amide bonds. The Kier molecular flexibility index (Phi) is 4.54. The van der Waals surface area contributed by atoms with Gasteiger partial charge in [-0.15, -0.1) is 11.6 Å². The Bertz CT molecular complexity index is 537. The van der Waals surface area contributed by atoms with Crippen LogP contribution in [0.5, 0.6) is 0 Å². The number of imidazole rings is 1. The van der Waals surface area contributed by atoms with E-state index < -0.39 is 0 Å². The first-order valence-electron chi connectivity index (χ1n) is 5.25. The third-order valence-corrected chi connectivity index (χ3v) is 4.28. The van der Waals surface area contributed by atoms with Crippen LogP contribution in [0.4, 0.5) is 4.39 Å². The fraction of sp³-hybridized carbons (Fsp3) is 0.250. The molecule has 96 valence electrons. The third-order valence-electron chi connectivity index (χ3n) is 2.59. The Morgan fingerprint density at radius 1 is 1.44 bits per heavy atom. The van der Waals surface area contributed by atoms with Crippen LogP contribution in [0.15, 0.2) is 29.6 Å². The molecule has 0 radical (unpaired) electrons. The number of alkyl halides is 1. The molecule has 0 saturated heterocycles. The number of aromatic nitrogens is 2. The van der Waals surface area contributed by atoms with Crippen LogP contribution in [-0.4, -0.2) is 9.55 Å². The Balaban J connectivity index is 2.14. The number of nitrogens with zero attached hydrogens (tertiary/aromatic N) is 2. The van der Waals surface area contributed by atoms with Crippen molar-refractivity contribution in [3.63, 3.8) is 0 Å². The van der Waals surface area contributed by atoms with Crippen LogP contribution in [-0.2, 0) is 18.7 Å². The maximum absolute atomic E-state index is 13.6. The van der Waals surface area contributed by atoms with Gasteiger partial charge in [0.1, 0.15) is 5.82 Å². The standard InChI is InChI=1S/C12H11Cl2FN2S/c1-17-8(5-13)6-16-12(17)18-7-9-10(14)3-2-4-11(9)15/h2-4,6H,5,7H2,1H3. The minimum absolute atomic E-state index is 0.290. The number of halogens is 3. The number of hydrogen-bond donors (Lipinski definition) is 0. The summed E-state index contributed by atoms with van der Waals surface area (Å²) in [7, 11) is 1.88. The maximum atomic E-state index is 13.6. The molecule has 1 heterocycles. The normalized spacial score (nSPS) is 10.9. The lowest BCUT2D eigenvalue weighted by molar-refractivity contribution is 0.617. The van der Waals surface area contributed by atoms with Crippen molar-refractivity contribution in [3.05, 3.63) is 46.5 Å². The summed E-state index contributed by atoms with van der Waals surface area (Å²) in [5.41, 5.74) is 1.43. The van der Waals surface area contributed by atoms with Gasteiger partial charge >= 0.3 is 0 Å². The Labute approximate surface area is 119 Å². The van der Waals surface area contributed by atoms with Crippen LogP contribution in [0.1, 0.15) is 11.3 Å². The maximum Gasteiger partial charge on any atom is 0.168 e. The predicted molar refractivity (Wildman–Crippen MR) is 73.7 cm³/mol. The molecule has 2 nitrogen and oxygen atoms in total. The first kappa shape index (κ1) is 13.7. The molecule has 0 spiro atoms. The van der Waals surface area contributed by atoms with Gasteiger partial charge in [-0.3, -0.25) is 0 Å². The molecule has 0 aliphatic heterocycles. The van der Waals surface area contributed by atoms with Crippen molar-refractivity contribution in [2.75, 3.05) is 0 Å². The van der Waals surface area contributed by atoms with E-state index in [-0.39, 0.29) is 5.82 Å². The number of rotatable bonds is 4. The van der Waals surface area contributed by atoms with Crippen molar-refractivity contribution in [3.8, 4) is 0 Å². The summed E-state index contributed by atoms with van der Waals surface area (Å²) < 4.78 is 15.5. The van der Waals surface area contributed by atoms with Crippen molar-refractivity contribution in [1.82, 2.24) is 9.55 Å². The van der Waals surface area contributed by atoms with Gasteiger partial charge in [-0.1, -0.05) is 29.4 Å². The van der Waals surface area contributed by atoms with Crippen molar-refractivity contribution in [2.45, 2.75) is 16.8 Å². The minimum atomic E-state index is -0.290. The summed E-state index contributed by atoms with van der Waals surface area (Å²) in [6.45, 7) is 0. The predicted octanol–water partition coefficient (Wildman–Crippen LogP) is 4.24. The van der Waals surface area contributed by atoms with Crippen molar-refractivity contribution >= 4 is 35.0 Å². The highest BCUT2D eigenvalue weighted by Crippen LogP contribution is 2.28. The van der Waals surface area contributed by atoms with Gasteiger partial charge in [0.15, 0.2) is 5.16 Å². The topological polar surface area (TPSA) is 17.8 Å². The van der Waals surface area contributed by atoms with Crippen LogP contribution >= 0.6 is 35.0 Å². The van der Waals surface area contributed by atoms with E-state index in [1.54, 1.807) is 18.3 Å². The quantitative estimate of drug-likeness (QED) is 0.621. The second-order valence-corrected chi connectivity index (χ2v) is 5.33. The fourth-order valence-corrected chi connectivity index (χ4v) is 3.05. The van der Waals surface area contributed by atoms with E-state index in [4.69, 9.17) is 23.2 Å². The van der Waals surface area contributed by atoms with Gasteiger partial charge in [0.2, 0.25) is 0 Å². The molecule has 0 aliphatic carbocycles. The van der Waals surface area contributed by atoms with Crippen LogP contribution in [0, 0.1) is 5.82 Å². The monoisotopic (exact) mass is 304 g/mol. The molecule has 1 aromatic carbocycles. The van der Waals surface area contributed by atoms with Crippen molar-refractivity contribution in [2.24, 2.45) is 7.05 Å². The molecule has 6 heteroatoms. The summed E-state index contributed by atoms with van der Waals surface area (Å²) >= 11 is 13.2. The number of thioether (sulfide) groups is 1. The Morgan fingerprint density at radius 2 is 2.22 bits per heavy atom. The van der Waals surface area contributed by atoms with Crippen LogP contribution in [0.25, 0.3) is 0 Å². The summed E-state index contributed by atoms with van der Waals surface area (Å²) in [5.74, 6) is 0.560. The molecule has 2 rings (SSSR count). The van der Waals surface area contributed by atoms with E-state index in [9.17, 15) is 4.39 Å². The SMILES string of the molecule is Cn1c(CCl)cnc1SCc1c(F)cccc1Cl. The zero-order chi connectivity index (χ0) is 13.1. The fourth-order valence-electron chi connectivity index (χ4n) is 1.49. The molecule has 0 aliphatic rings. The minimum Gasteiger partial charge on any atom is -0.325 e. The molecule has 0 N–H and O–H groups in total. The van der Waals surface area contributed by atoms with E-state index in [1.807, 2.05) is 11.6 Å². The van der Waals surface area contributed by atoms with E-state index in [0.717, 1.165) is 10.9 Å². The largest absolute Gasteiger partial charge is 0.325 e. The van der Waals surface area contributed by atoms with E-state index >= 15 is 0 Å². The lowest BCUT2D eigenvalue weighted by Gasteiger charge is -2.06. The average Bonchev–Trinajstić information content (AvgIpc) is 2.70. The molecule has 0 atom stereocenters. The average molecular weight is 305 g/mol. The van der Waals surface area contributed by atoms with E-state index in [0.29, 0.717) is 22.2 Å². The third kappa shape index (κ3) is 2.82. The Hall–Kier alpha value is -0.710. The summed E-state index contributed by atoms with van der Waals surface area (Å²) in [5, 5.41) is 1.24. The molecule has 0 bridgehead atoms.